The van der Waals surface area contributed by atoms with Crippen LogP contribution in [0.2, 0.25) is 0 Å². The summed E-state index contributed by atoms with van der Waals surface area (Å²) in [5.74, 6) is -1.49. The Kier molecular flexibility index (Phi) is 5.29. The van der Waals surface area contributed by atoms with E-state index in [0.717, 1.165) is 17.5 Å². The number of sulfonamides is 1. The maximum absolute atomic E-state index is 12.9. The molecular weight excluding hydrogens is 370 g/mol. The zero-order valence-corrected chi connectivity index (χ0v) is 15.7. The zero-order valence-electron chi connectivity index (χ0n) is 14.9. The number of esters is 2. The second kappa shape index (κ2) is 7.50. The fraction of sp³-hybridized carbons (Fsp3) is 0.263. The molecule has 2 aromatic rings. The van der Waals surface area contributed by atoms with Crippen molar-refractivity contribution in [3.05, 3.63) is 64.7 Å². The number of benzene rings is 2. The van der Waals surface area contributed by atoms with E-state index in [1.54, 1.807) is 0 Å². The lowest BCUT2D eigenvalue weighted by molar-refractivity contribution is 0.0598. The van der Waals surface area contributed by atoms with E-state index in [-0.39, 0.29) is 22.1 Å². The number of hydrogen-bond acceptors (Lipinski definition) is 6. The van der Waals surface area contributed by atoms with Crippen molar-refractivity contribution < 1.29 is 27.5 Å². The smallest absolute Gasteiger partial charge is 0.337 e. The van der Waals surface area contributed by atoms with E-state index in [0.29, 0.717) is 6.42 Å². The Labute approximate surface area is 157 Å². The van der Waals surface area contributed by atoms with Crippen molar-refractivity contribution in [2.45, 2.75) is 23.8 Å². The number of rotatable bonds is 5. The summed E-state index contributed by atoms with van der Waals surface area (Å²) >= 11 is 0. The predicted molar refractivity (Wildman–Crippen MR) is 96.9 cm³/mol. The second-order valence-corrected chi connectivity index (χ2v) is 7.85. The van der Waals surface area contributed by atoms with Crippen LogP contribution in [0.5, 0.6) is 0 Å². The summed E-state index contributed by atoms with van der Waals surface area (Å²) in [5.41, 5.74) is 1.93. The van der Waals surface area contributed by atoms with Crippen molar-refractivity contribution >= 4 is 22.0 Å². The van der Waals surface area contributed by atoms with Gasteiger partial charge in [-0.3, -0.25) is 0 Å². The summed E-state index contributed by atoms with van der Waals surface area (Å²) in [6, 6.07) is 10.9. The van der Waals surface area contributed by atoms with Gasteiger partial charge in [-0.05, 0) is 42.2 Å². The molecule has 7 nitrogen and oxygen atoms in total. The molecule has 1 atom stereocenters. The summed E-state index contributed by atoms with van der Waals surface area (Å²) < 4.78 is 37.8. The lowest BCUT2D eigenvalue weighted by atomic mass is 10.1. The van der Waals surface area contributed by atoms with Gasteiger partial charge in [-0.1, -0.05) is 24.3 Å². The first-order valence-corrected chi connectivity index (χ1v) is 9.76. The van der Waals surface area contributed by atoms with Gasteiger partial charge in [-0.2, -0.15) is 0 Å². The lowest BCUT2D eigenvalue weighted by Gasteiger charge is -2.15. The lowest BCUT2D eigenvalue weighted by Crippen LogP contribution is -2.28. The van der Waals surface area contributed by atoms with Gasteiger partial charge in [0.2, 0.25) is 10.0 Å². The fourth-order valence-electron chi connectivity index (χ4n) is 3.16. The van der Waals surface area contributed by atoms with Crippen molar-refractivity contribution in [1.29, 1.82) is 0 Å². The Balaban J connectivity index is 1.98. The van der Waals surface area contributed by atoms with E-state index in [1.807, 2.05) is 24.3 Å². The number of carbonyl (C=O) groups excluding carboxylic acids is 2. The quantitative estimate of drug-likeness (QED) is 0.788. The largest absolute Gasteiger partial charge is 0.465 e. The standard InChI is InChI=1S/C19H19NO6S/c1-25-18(21)13-9-14(19(22)26-2)11-15(10-13)27(23,24)20-17-8-7-12-5-3-4-6-16(12)17/h3-6,9-11,17,20H,7-8H2,1-2H3. The van der Waals surface area contributed by atoms with Gasteiger partial charge in [0.1, 0.15) is 0 Å². The molecule has 142 valence electrons. The van der Waals surface area contributed by atoms with Crippen LogP contribution in [0, 0.1) is 0 Å². The third-order valence-electron chi connectivity index (χ3n) is 4.49. The van der Waals surface area contributed by atoms with Crippen LogP contribution in [0.1, 0.15) is 44.3 Å². The highest BCUT2D eigenvalue weighted by atomic mass is 32.2. The minimum atomic E-state index is -3.98. The number of nitrogens with one attached hydrogen (secondary N) is 1. The van der Waals surface area contributed by atoms with Crippen molar-refractivity contribution in [1.82, 2.24) is 4.72 Å². The van der Waals surface area contributed by atoms with E-state index in [1.165, 1.54) is 32.4 Å². The Morgan fingerprint density at radius 1 is 1.00 bits per heavy atom. The van der Waals surface area contributed by atoms with Crippen LogP contribution in [0.3, 0.4) is 0 Å². The number of carbonyl (C=O) groups is 2. The molecule has 1 aliphatic rings. The van der Waals surface area contributed by atoms with Crippen LogP contribution in [0.4, 0.5) is 0 Å². The van der Waals surface area contributed by atoms with E-state index in [9.17, 15) is 18.0 Å². The average molecular weight is 389 g/mol. The Morgan fingerprint density at radius 3 is 2.19 bits per heavy atom. The predicted octanol–water partition coefficient (Wildman–Crippen LogP) is 2.23. The van der Waals surface area contributed by atoms with E-state index >= 15 is 0 Å². The van der Waals surface area contributed by atoms with Crippen molar-refractivity contribution in [3.63, 3.8) is 0 Å². The first-order valence-electron chi connectivity index (χ1n) is 8.27. The van der Waals surface area contributed by atoms with Crippen LogP contribution in [-0.2, 0) is 25.9 Å². The third kappa shape index (κ3) is 3.86. The van der Waals surface area contributed by atoms with Crippen molar-refractivity contribution in [2.24, 2.45) is 0 Å². The molecule has 0 saturated heterocycles. The van der Waals surface area contributed by atoms with Gasteiger partial charge in [0.25, 0.3) is 0 Å². The topological polar surface area (TPSA) is 98.8 Å². The Morgan fingerprint density at radius 2 is 1.59 bits per heavy atom. The summed E-state index contributed by atoms with van der Waals surface area (Å²) in [6.45, 7) is 0. The molecular formula is C19H19NO6S. The summed E-state index contributed by atoms with van der Waals surface area (Å²) in [7, 11) is -1.63. The molecule has 1 unspecified atom stereocenters. The van der Waals surface area contributed by atoms with Gasteiger partial charge >= 0.3 is 11.9 Å². The SMILES string of the molecule is COC(=O)c1cc(C(=O)OC)cc(S(=O)(=O)NC2CCc3ccccc32)c1. The molecule has 0 spiro atoms. The zero-order chi connectivity index (χ0) is 19.6. The van der Waals surface area contributed by atoms with Gasteiger partial charge in [0, 0.05) is 6.04 Å². The van der Waals surface area contributed by atoms with E-state index in [4.69, 9.17) is 0 Å². The molecule has 8 heteroatoms. The fourth-order valence-corrected chi connectivity index (χ4v) is 4.48. The number of fused-ring (bicyclic) bond motifs is 1. The number of ether oxygens (including phenoxy) is 2. The molecule has 0 saturated carbocycles. The van der Waals surface area contributed by atoms with Gasteiger partial charge in [0.15, 0.2) is 0 Å². The van der Waals surface area contributed by atoms with Crippen LogP contribution < -0.4 is 4.72 Å². The van der Waals surface area contributed by atoms with Gasteiger partial charge in [0.05, 0.1) is 30.2 Å². The molecule has 0 amide bonds. The molecule has 0 aliphatic heterocycles. The second-order valence-electron chi connectivity index (χ2n) is 6.14. The third-order valence-corrected chi connectivity index (χ3v) is 5.94. The highest BCUT2D eigenvalue weighted by molar-refractivity contribution is 7.89. The van der Waals surface area contributed by atoms with E-state index in [2.05, 4.69) is 14.2 Å². The van der Waals surface area contributed by atoms with Gasteiger partial charge in [-0.25, -0.2) is 22.7 Å². The van der Waals surface area contributed by atoms with Crippen LogP contribution >= 0.6 is 0 Å². The minimum Gasteiger partial charge on any atom is -0.465 e. The molecule has 1 N–H and O–H groups in total. The van der Waals surface area contributed by atoms with Gasteiger partial charge in [-0.15, -0.1) is 0 Å². The first-order chi connectivity index (χ1) is 12.9. The van der Waals surface area contributed by atoms with Crippen LogP contribution in [0.15, 0.2) is 47.4 Å². The number of hydrogen-bond donors (Lipinski definition) is 1. The molecule has 3 rings (SSSR count). The molecule has 0 radical (unpaired) electrons. The molecule has 27 heavy (non-hydrogen) atoms. The van der Waals surface area contributed by atoms with E-state index < -0.39 is 22.0 Å². The Hall–Kier alpha value is -2.71. The monoisotopic (exact) mass is 389 g/mol. The Bertz CT molecular complexity index is 965. The van der Waals surface area contributed by atoms with Crippen LogP contribution in [-0.4, -0.2) is 34.6 Å². The number of aryl methyl sites for hydroxylation is 1. The normalized spacial score (nSPS) is 15.9. The molecule has 1 aliphatic carbocycles. The molecule has 2 aromatic carbocycles. The summed E-state index contributed by atoms with van der Waals surface area (Å²) in [5, 5.41) is 0. The van der Waals surface area contributed by atoms with Crippen LogP contribution in [0.25, 0.3) is 0 Å². The van der Waals surface area contributed by atoms with Crippen molar-refractivity contribution in [3.8, 4) is 0 Å². The maximum atomic E-state index is 12.9. The van der Waals surface area contributed by atoms with Crippen molar-refractivity contribution in [2.75, 3.05) is 14.2 Å². The summed E-state index contributed by atoms with van der Waals surface area (Å²) in [6.07, 6.45) is 1.41. The molecule has 0 heterocycles. The highest BCUT2D eigenvalue weighted by Gasteiger charge is 2.28. The number of methoxy groups -OCH3 is 2. The maximum Gasteiger partial charge on any atom is 0.337 e. The molecule has 0 fully saturated rings. The summed E-state index contributed by atoms with van der Waals surface area (Å²) in [4.78, 5) is 23.5. The average Bonchev–Trinajstić information content (AvgIpc) is 3.08. The molecule has 0 aromatic heterocycles. The highest BCUT2D eigenvalue weighted by Crippen LogP contribution is 2.32. The first kappa shape index (κ1) is 19.1. The molecule has 0 bridgehead atoms. The minimum absolute atomic E-state index is 0.0485. The van der Waals surface area contributed by atoms with Gasteiger partial charge < -0.3 is 9.47 Å².